The quantitative estimate of drug-likeness (QED) is 0.900. The van der Waals surface area contributed by atoms with Crippen LogP contribution in [0.25, 0.3) is 0 Å². The van der Waals surface area contributed by atoms with E-state index < -0.39 is 0 Å². The maximum atomic E-state index is 3.61. The number of fused-ring (bicyclic) bond motifs is 2. The molecule has 2 aliphatic heterocycles. The summed E-state index contributed by atoms with van der Waals surface area (Å²) >= 11 is 3.61. The zero-order chi connectivity index (χ0) is 12.7. The lowest BCUT2D eigenvalue weighted by Crippen LogP contribution is -2.48. The molecule has 0 aliphatic carbocycles. The van der Waals surface area contributed by atoms with E-state index in [1.54, 1.807) is 0 Å². The van der Waals surface area contributed by atoms with E-state index in [1.165, 1.54) is 41.4 Å². The molecule has 0 amide bonds. The van der Waals surface area contributed by atoms with Crippen molar-refractivity contribution in [3.63, 3.8) is 0 Å². The molecule has 1 N–H and O–H groups in total. The first kappa shape index (κ1) is 12.5. The van der Waals surface area contributed by atoms with Gasteiger partial charge in [0.1, 0.15) is 0 Å². The number of nitrogens with zero attached hydrogens (tertiary/aromatic N) is 1. The minimum Gasteiger partial charge on any atom is -0.365 e. The first-order valence-corrected chi connectivity index (χ1v) is 7.70. The van der Waals surface area contributed by atoms with Crippen LogP contribution in [-0.2, 0) is 0 Å². The minimum absolute atomic E-state index is 0.714. The van der Waals surface area contributed by atoms with E-state index in [0.717, 1.165) is 12.1 Å². The highest BCUT2D eigenvalue weighted by molar-refractivity contribution is 9.10. The van der Waals surface area contributed by atoms with Crippen molar-refractivity contribution in [2.24, 2.45) is 0 Å². The standard InChI is InChI=1S/C15H21BrN2/c1-10-3-4-11(16)7-15(10)18-13-5-6-14(18)9-12(8-13)17-2/h3-4,7,12-14,17H,5-6,8-9H2,1-2H3. The predicted molar refractivity (Wildman–Crippen MR) is 80.2 cm³/mol. The van der Waals surface area contributed by atoms with Crippen LogP contribution in [0.2, 0.25) is 0 Å². The second-order valence-electron chi connectivity index (χ2n) is 5.68. The highest BCUT2D eigenvalue weighted by atomic mass is 79.9. The Bertz CT molecular complexity index is 432. The number of anilines is 1. The van der Waals surface area contributed by atoms with Gasteiger partial charge < -0.3 is 10.2 Å². The molecule has 1 aromatic rings. The molecule has 3 heteroatoms. The Morgan fingerprint density at radius 2 is 1.89 bits per heavy atom. The number of aryl methyl sites for hydroxylation is 1. The summed E-state index contributed by atoms with van der Waals surface area (Å²) in [7, 11) is 2.10. The van der Waals surface area contributed by atoms with Crippen molar-refractivity contribution < 1.29 is 0 Å². The topological polar surface area (TPSA) is 15.3 Å². The average Bonchev–Trinajstić information content (AvgIpc) is 2.63. The highest BCUT2D eigenvalue weighted by Crippen LogP contribution is 2.41. The molecule has 2 atom stereocenters. The fourth-order valence-corrected chi connectivity index (χ4v) is 4.02. The first-order valence-electron chi connectivity index (χ1n) is 6.91. The van der Waals surface area contributed by atoms with E-state index in [0.29, 0.717) is 6.04 Å². The zero-order valence-electron chi connectivity index (χ0n) is 11.1. The summed E-state index contributed by atoms with van der Waals surface area (Å²) in [6.07, 6.45) is 5.29. The van der Waals surface area contributed by atoms with Crippen LogP contribution in [0.3, 0.4) is 0 Å². The van der Waals surface area contributed by atoms with E-state index in [1.807, 2.05) is 0 Å². The van der Waals surface area contributed by atoms with Gasteiger partial charge in [-0.15, -0.1) is 0 Å². The Balaban J connectivity index is 1.91. The zero-order valence-corrected chi connectivity index (χ0v) is 12.7. The molecule has 98 valence electrons. The van der Waals surface area contributed by atoms with Crippen molar-refractivity contribution in [1.82, 2.24) is 5.32 Å². The third-order valence-electron chi connectivity index (χ3n) is 4.59. The van der Waals surface area contributed by atoms with Gasteiger partial charge in [-0.25, -0.2) is 0 Å². The van der Waals surface area contributed by atoms with Gasteiger partial charge in [-0.05, 0) is 57.4 Å². The van der Waals surface area contributed by atoms with Gasteiger partial charge in [-0.3, -0.25) is 0 Å². The van der Waals surface area contributed by atoms with Crippen molar-refractivity contribution in [1.29, 1.82) is 0 Å². The maximum absolute atomic E-state index is 3.61. The summed E-state index contributed by atoms with van der Waals surface area (Å²) < 4.78 is 1.19. The molecular formula is C15H21BrN2. The molecule has 18 heavy (non-hydrogen) atoms. The second kappa shape index (κ2) is 4.86. The summed E-state index contributed by atoms with van der Waals surface area (Å²) in [5, 5.41) is 3.47. The number of nitrogens with one attached hydrogen (secondary N) is 1. The van der Waals surface area contributed by atoms with Crippen LogP contribution < -0.4 is 10.2 Å². The van der Waals surface area contributed by atoms with E-state index in [9.17, 15) is 0 Å². The Morgan fingerprint density at radius 1 is 1.22 bits per heavy atom. The SMILES string of the molecule is CNC1CC2CCC(C1)N2c1cc(Br)ccc1C. The number of rotatable bonds is 2. The monoisotopic (exact) mass is 308 g/mol. The lowest BCUT2D eigenvalue weighted by molar-refractivity contribution is 0.373. The number of benzene rings is 1. The summed E-state index contributed by atoms with van der Waals surface area (Å²) in [5.41, 5.74) is 2.84. The van der Waals surface area contributed by atoms with Crippen LogP contribution in [0.15, 0.2) is 22.7 Å². The molecule has 1 aromatic carbocycles. The lowest BCUT2D eigenvalue weighted by atomic mass is 9.96. The fraction of sp³-hybridized carbons (Fsp3) is 0.600. The van der Waals surface area contributed by atoms with Gasteiger partial charge in [0.05, 0.1) is 0 Å². The smallest absolute Gasteiger partial charge is 0.0412 e. The summed E-state index contributed by atoms with van der Waals surface area (Å²) in [6.45, 7) is 2.23. The van der Waals surface area contributed by atoms with Crippen LogP contribution >= 0.6 is 15.9 Å². The second-order valence-corrected chi connectivity index (χ2v) is 6.60. The maximum Gasteiger partial charge on any atom is 0.0412 e. The molecular weight excluding hydrogens is 288 g/mol. The van der Waals surface area contributed by atoms with Gasteiger partial charge in [-0.1, -0.05) is 22.0 Å². The van der Waals surface area contributed by atoms with Crippen LogP contribution in [0.5, 0.6) is 0 Å². The summed E-state index contributed by atoms with van der Waals surface area (Å²) in [4.78, 5) is 2.69. The minimum atomic E-state index is 0.714. The first-order chi connectivity index (χ1) is 8.69. The predicted octanol–water partition coefficient (Wildman–Crippen LogP) is 3.48. The molecule has 3 rings (SSSR count). The third kappa shape index (κ3) is 2.08. The molecule has 2 unspecified atom stereocenters. The van der Waals surface area contributed by atoms with Crippen LogP contribution in [0.1, 0.15) is 31.2 Å². The molecule has 0 aromatic heterocycles. The highest BCUT2D eigenvalue weighted by Gasteiger charge is 2.40. The number of hydrogen-bond donors (Lipinski definition) is 1. The van der Waals surface area contributed by atoms with Crippen LogP contribution in [-0.4, -0.2) is 25.2 Å². The van der Waals surface area contributed by atoms with Gasteiger partial charge in [-0.2, -0.15) is 0 Å². The fourth-order valence-electron chi connectivity index (χ4n) is 3.67. The van der Waals surface area contributed by atoms with Crippen LogP contribution in [0, 0.1) is 6.92 Å². The van der Waals surface area contributed by atoms with Crippen molar-refractivity contribution in [3.8, 4) is 0 Å². The van der Waals surface area contributed by atoms with Crippen molar-refractivity contribution >= 4 is 21.6 Å². The van der Waals surface area contributed by atoms with Gasteiger partial charge in [0.15, 0.2) is 0 Å². The molecule has 0 spiro atoms. The van der Waals surface area contributed by atoms with Gasteiger partial charge in [0.25, 0.3) is 0 Å². The van der Waals surface area contributed by atoms with Gasteiger partial charge >= 0.3 is 0 Å². The van der Waals surface area contributed by atoms with E-state index in [-0.39, 0.29) is 0 Å². The molecule has 2 aliphatic rings. The van der Waals surface area contributed by atoms with Crippen molar-refractivity contribution in [3.05, 3.63) is 28.2 Å². The van der Waals surface area contributed by atoms with Gasteiger partial charge in [0, 0.05) is 28.3 Å². The Labute approximate surface area is 118 Å². The van der Waals surface area contributed by atoms with E-state index in [4.69, 9.17) is 0 Å². The van der Waals surface area contributed by atoms with Crippen LogP contribution in [0.4, 0.5) is 5.69 Å². The Hall–Kier alpha value is -0.540. The molecule has 2 nitrogen and oxygen atoms in total. The van der Waals surface area contributed by atoms with Crippen molar-refractivity contribution in [2.45, 2.75) is 50.7 Å². The molecule has 0 radical (unpaired) electrons. The Kier molecular flexibility index (Phi) is 3.37. The number of halogens is 1. The summed E-state index contributed by atoms with van der Waals surface area (Å²) in [5.74, 6) is 0. The Morgan fingerprint density at radius 3 is 2.50 bits per heavy atom. The molecule has 2 heterocycles. The molecule has 2 fully saturated rings. The number of piperidine rings is 1. The number of hydrogen-bond acceptors (Lipinski definition) is 2. The van der Waals surface area contributed by atoms with Gasteiger partial charge in [0.2, 0.25) is 0 Å². The lowest BCUT2D eigenvalue weighted by Gasteiger charge is -2.41. The van der Waals surface area contributed by atoms with Crippen molar-refractivity contribution in [2.75, 3.05) is 11.9 Å². The summed E-state index contributed by atoms with van der Waals surface area (Å²) in [6, 6.07) is 8.83. The van der Waals surface area contributed by atoms with E-state index >= 15 is 0 Å². The van der Waals surface area contributed by atoms with E-state index in [2.05, 4.69) is 58.3 Å². The third-order valence-corrected chi connectivity index (χ3v) is 5.08. The molecule has 2 saturated heterocycles. The largest absolute Gasteiger partial charge is 0.365 e. The average molecular weight is 309 g/mol. The normalized spacial score (nSPS) is 30.8. The molecule has 0 saturated carbocycles. The molecule has 2 bridgehead atoms.